The minimum Gasteiger partial charge on any atom is -0.314 e. The predicted molar refractivity (Wildman–Crippen MR) is 72.1 cm³/mol. The zero-order valence-electron chi connectivity index (χ0n) is 10.0. The zero-order valence-corrected chi connectivity index (χ0v) is 11.7. The standard InChI is InChI=1S/C12H17NO2S2/c1-9-3-4-11(17(14,15)16)10(7-9)8-12(13-2)5-6-12/h3-4,7,13H,5-6,8H2,1-2H3,(H,14,15,16). The third kappa shape index (κ3) is 2.84. The Balaban J connectivity index is 2.41. The van der Waals surface area contributed by atoms with E-state index in [-0.39, 0.29) is 5.54 Å². The van der Waals surface area contributed by atoms with Crippen LogP contribution in [0.2, 0.25) is 0 Å². The van der Waals surface area contributed by atoms with Crippen LogP contribution in [-0.4, -0.2) is 21.0 Å². The smallest absolute Gasteiger partial charge is 0.227 e. The van der Waals surface area contributed by atoms with Crippen molar-refractivity contribution in [1.29, 1.82) is 0 Å². The summed E-state index contributed by atoms with van der Waals surface area (Å²) in [5, 5.41) is 3.28. The van der Waals surface area contributed by atoms with Crippen LogP contribution in [-0.2, 0) is 15.3 Å². The lowest BCUT2D eigenvalue weighted by Gasteiger charge is -2.16. The van der Waals surface area contributed by atoms with Crippen molar-refractivity contribution in [2.45, 2.75) is 36.6 Å². The number of hydrogen-bond acceptors (Lipinski definition) is 3. The lowest BCUT2D eigenvalue weighted by molar-refractivity contribution is 0.543. The fourth-order valence-electron chi connectivity index (χ4n) is 2.13. The van der Waals surface area contributed by atoms with Gasteiger partial charge in [0, 0.05) is 5.54 Å². The highest BCUT2D eigenvalue weighted by Crippen LogP contribution is 2.39. The summed E-state index contributed by atoms with van der Waals surface area (Å²) in [6.07, 6.45) is 2.95. The van der Waals surface area contributed by atoms with Gasteiger partial charge in [0.1, 0.15) is 0 Å². The molecule has 1 aliphatic carbocycles. The summed E-state index contributed by atoms with van der Waals surface area (Å²) in [4.78, 5) is 0.341. The van der Waals surface area contributed by atoms with E-state index in [2.05, 4.69) is 17.0 Å². The second-order valence-electron chi connectivity index (χ2n) is 4.79. The summed E-state index contributed by atoms with van der Waals surface area (Å²) in [5.74, 6) is 0. The molecule has 94 valence electrons. The minimum absolute atomic E-state index is 0.0982. The van der Waals surface area contributed by atoms with Crippen molar-refractivity contribution >= 4 is 20.5 Å². The maximum absolute atomic E-state index is 11.6. The van der Waals surface area contributed by atoms with E-state index in [4.69, 9.17) is 0 Å². The van der Waals surface area contributed by atoms with E-state index in [0.29, 0.717) is 4.90 Å². The van der Waals surface area contributed by atoms with Gasteiger partial charge in [-0.15, -0.1) is 0 Å². The molecule has 0 aliphatic heterocycles. The first kappa shape index (κ1) is 12.9. The van der Waals surface area contributed by atoms with Gasteiger partial charge in [-0.25, -0.2) is 8.42 Å². The first-order valence-electron chi connectivity index (χ1n) is 5.62. The Bertz CT molecular complexity index is 533. The van der Waals surface area contributed by atoms with Gasteiger partial charge in [-0.1, -0.05) is 17.7 Å². The van der Waals surface area contributed by atoms with Gasteiger partial charge >= 0.3 is 0 Å². The Morgan fingerprint density at radius 1 is 1.41 bits per heavy atom. The van der Waals surface area contributed by atoms with Crippen molar-refractivity contribution < 1.29 is 8.42 Å². The van der Waals surface area contributed by atoms with Gasteiger partial charge in [-0.3, -0.25) is 0 Å². The average molecular weight is 271 g/mol. The van der Waals surface area contributed by atoms with Crippen molar-refractivity contribution in [1.82, 2.24) is 5.32 Å². The van der Waals surface area contributed by atoms with Crippen LogP contribution in [0.5, 0.6) is 0 Å². The van der Waals surface area contributed by atoms with Crippen molar-refractivity contribution in [3.05, 3.63) is 29.3 Å². The SMILES string of the molecule is CNC1(Cc2cc(C)ccc2S(=O)(=O)S)CC1. The van der Waals surface area contributed by atoms with Crippen molar-refractivity contribution in [3.8, 4) is 0 Å². The molecular weight excluding hydrogens is 254 g/mol. The summed E-state index contributed by atoms with van der Waals surface area (Å²) in [7, 11) is -1.51. The fourth-order valence-corrected chi connectivity index (χ4v) is 3.37. The van der Waals surface area contributed by atoms with Gasteiger partial charge in [0.15, 0.2) is 0 Å². The van der Waals surface area contributed by atoms with Crippen LogP contribution in [0.3, 0.4) is 0 Å². The van der Waals surface area contributed by atoms with Crippen molar-refractivity contribution in [2.24, 2.45) is 0 Å². The highest BCUT2D eigenvalue weighted by atomic mass is 33.1. The summed E-state index contributed by atoms with van der Waals surface area (Å²) in [6, 6.07) is 5.41. The molecule has 0 amide bonds. The maximum atomic E-state index is 11.6. The molecule has 1 aliphatic rings. The Morgan fingerprint density at radius 3 is 2.53 bits per heavy atom. The number of thiol groups is 1. The second kappa shape index (κ2) is 4.30. The van der Waals surface area contributed by atoms with Crippen LogP contribution in [0.25, 0.3) is 0 Å². The fraction of sp³-hybridized carbons (Fsp3) is 0.500. The number of nitrogens with one attached hydrogen (secondary N) is 1. The van der Waals surface area contributed by atoms with E-state index in [9.17, 15) is 8.42 Å². The minimum atomic E-state index is -3.44. The van der Waals surface area contributed by atoms with Gasteiger partial charge in [-0.2, -0.15) is 0 Å². The first-order valence-corrected chi connectivity index (χ1v) is 8.16. The van der Waals surface area contributed by atoms with Crippen LogP contribution in [0.15, 0.2) is 23.1 Å². The topological polar surface area (TPSA) is 46.2 Å². The molecule has 0 spiro atoms. The van der Waals surface area contributed by atoms with Crippen LogP contribution in [0.4, 0.5) is 0 Å². The molecule has 1 saturated carbocycles. The Hall–Kier alpha value is -0.520. The molecule has 0 bridgehead atoms. The molecule has 0 saturated heterocycles. The van der Waals surface area contributed by atoms with Gasteiger partial charge in [0.25, 0.3) is 0 Å². The highest BCUT2D eigenvalue weighted by Gasteiger charge is 2.41. The molecule has 0 unspecified atom stereocenters. The lowest BCUT2D eigenvalue weighted by Crippen LogP contribution is -2.30. The highest BCUT2D eigenvalue weighted by molar-refractivity contribution is 8.63. The number of aryl methyl sites for hydroxylation is 1. The van der Waals surface area contributed by atoms with E-state index >= 15 is 0 Å². The first-order chi connectivity index (χ1) is 7.86. The van der Waals surface area contributed by atoms with E-state index in [1.807, 2.05) is 26.1 Å². The monoisotopic (exact) mass is 271 g/mol. The molecule has 1 aromatic carbocycles. The Morgan fingerprint density at radius 2 is 2.06 bits per heavy atom. The summed E-state index contributed by atoms with van der Waals surface area (Å²) in [6.45, 7) is 1.97. The van der Waals surface area contributed by atoms with Gasteiger partial charge in [0.2, 0.25) is 8.87 Å². The maximum Gasteiger partial charge on any atom is 0.227 e. The summed E-state index contributed by atoms with van der Waals surface area (Å²) < 4.78 is 23.2. The van der Waals surface area contributed by atoms with Crippen LogP contribution in [0, 0.1) is 6.92 Å². The van der Waals surface area contributed by atoms with Gasteiger partial charge < -0.3 is 5.32 Å². The molecule has 0 atom stereocenters. The molecular formula is C12H17NO2S2. The normalized spacial score (nSPS) is 18.1. The van der Waals surface area contributed by atoms with Crippen LogP contribution >= 0.6 is 11.7 Å². The molecule has 1 aromatic rings. The molecule has 5 heteroatoms. The van der Waals surface area contributed by atoms with E-state index in [1.54, 1.807) is 6.07 Å². The van der Waals surface area contributed by atoms with Gasteiger partial charge in [-0.05, 0) is 56.5 Å². The number of rotatable bonds is 4. The number of benzene rings is 1. The average Bonchev–Trinajstić information content (AvgIpc) is 2.96. The van der Waals surface area contributed by atoms with Gasteiger partial charge in [0.05, 0.1) is 4.90 Å². The third-order valence-electron chi connectivity index (χ3n) is 3.41. The second-order valence-corrected chi connectivity index (χ2v) is 7.63. The van der Waals surface area contributed by atoms with Crippen molar-refractivity contribution in [2.75, 3.05) is 7.05 Å². The van der Waals surface area contributed by atoms with E-state index in [1.165, 1.54) is 0 Å². The molecule has 0 radical (unpaired) electrons. The molecule has 0 aromatic heterocycles. The van der Waals surface area contributed by atoms with E-state index < -0.39 is 8.87 Å². The quantitative estimate of drug-likeness (QED) is 0.649. The third-order valence-corrected chi connectivity index (χ3v) is 4.95. The molecule has 2 rings (SSSR count). The summed E-state index contributed by atoms with van der Waals surface area (Å²) in [5.41, 5.74) is 2.04. The van der Waals surface area contributed by atoms with Crippen LogP contribution in [0.1, 0.15) is 24.0 Å². The Labute approximate surface area is 107 Å². The number of likely N-dealkylation sites (N-methyl/N-ethyl adjacent to an activating group) is 1. The van der Waals surface area contributed by atoms with E-state index in [0.717, 1.165) is 30.4 Å². The Kier molecular flexibility index (Phi) is 3.27. The lowest BCUT2D eigenvalue weighted by atomic mass is 10.0. The molecule has 3 nitrogen and oxygen atoms in total. The molecule has 1 N–H and O–H groups in total. The predicted octanol–water partition coefficient (Wildman–Crippen LogP) is 1.91. The number of hydrogen-bond donors (Lipinski definition) is 2. The molecule has 0 heterocycles. The van der Waals surface area contributed by atoms with Crippen molar-refractivity contribution in [3.63, 3.8) is 0 Å². The summed E-state index contributed by atoms with van der Waals surface area (Å²) >= 11 is 3.70. The van der Waals surface area contributed by atoms with Crippen LogP contribution < -0.4 is 5.32 Å². The molecule has 1 fully saturated rings. The largest absolute Gasteiger partial charge is 0.314 e. The zero-order chi connectivity index (χ0) is 12.7. The molecule has 17 heavy (non-hydrogen) atoms.